The average Bonchev–Trinajstić information content (AvgIpc) is 2.08. The maximum absolute atomic E-state index is 3.87. The normalized spacial score (nSPS) is 15.8. The minimum absolute atomic E-state index is 0.320. The van der Waals surface area contributed by atoms with Crippen LogP contribution in [-0.2, 0) is 0 Å². The molecule has 0 spiro atoms. The lowest BCUT2D eigenvalue weighted by molar-refractivity contribution is 0.566. The molecule has 0 aliphatic carbocycles. The standard InChI is InChI=1S/C15H38N2Si2/c1-13(2,3)18(10,11)16-17-19(12,14(4,5)6)15(7,8)9/h16-17H,1-12H3. The number of nitrogens with one attached hydrogen (secondary N) is 2. The molecule has 0 saturated heterocycles. The molecule has 0 aromatic carbocycles. The lowest BCUT2D eigenvalue weighted by Gasteiger charge is -2.52. The van der Waals surface area contributed by atoms with Crippen molar-refractivity contribution in [3.8, 4) is 0 Å². The van der Waals surface area contributed by atoms with Gasteiger partial charge in [0, 0.05) is 0 Å². The highest BCUT2D eigenvalue weighted by molar-refractivity contribution is 6.84. The fraction of sp³-hybridized carbons (Fsp3) is 1.00. The van der Waals surface area contributed by atoms with Gasteiger partial charge in [-0.15, -0.1) is 0 Å². The molecule has 0 saturated carbocycles. The van der Waals surface area contributed by atoms with E-state index in [4.69, 9.17) is 0 Å². The van der Waals surface area contributed by atoms with Crippen molar-refractivity contribution in [1.29, 1.82) is 0 Å². The van der Waals surface area contributed by atoms with Gasteiger partial charge in [-0.3, -0.25) is 10.2 Å². The second-order valence-corrected chi connectivity index (χ2v) is 20.2. The van der Waals surface area contributed by atoms with Crippen molar-refractivity contribution in [1.82, 2.24) is 10.2 Å². The van der Waals surface area contributed by atoms with E-state index in [0.29, 0.717) is 15.1 Å². The molecule has 0 atom stereocenters. The lowest BCUT2D eigenvalue weighted by atomic mass is 10.2. The Bertz CT molecular complexity index is 290. The molecule has 0 rings (SSSR count). The Morgan fingerprint density at radius 2 is 0.842 bits per heavy atom. The molecule has 0 aliphatic rings. The third-order valence-electron chi connectivity index (χ3n) is 5.50. The van der Waals surface area contributed by atoms with Crippen LogP contribution in [0, 0.1) is 0 Å². The second-order valence-electron chi connectivity index (χ2n) is 9.75. The zero-order chi connectivity index (χ0) is 15.9. The van der Waals surface area contributed by atoms with Gasteiger partial charge in [0.15, 0.2) is 0 Å². The topological polar surface area (TPSA) is 24.1 Å². The predicted molar refractivity (Wildman–Crippen MR) is 94.5 cm³/mol. The van der Waals surface area contributed by atoms with Crippen LogP contribution in [0.3, 0.4) is 0 Å². The molecule has 0 aromatic heterocycles. The molecule has 0 bridgehead atoms. The molecule has 0 amide bonds. The van der Waals surface area contributed by atoms with Crippen LogP contribution in [0.4, 0.5) is 0 Å². The maximum Gasteiger partial charge on any atom is 0.148 e. The first kappa shape index (κ1) is 19.4. The number of hydrogen-bond acceptors (Lipinski definition) is 2. The Balaban J connectivity index is 5.22. The smallest absolute Gasteiger partial charge is 0.148 e. The van der Waals surface area contributed by atoms with E-state index < -0.39 is 16.5 Å². The van der Waals surface area contributed by atoms with Crippen molar-refractivity contribution in [2.75, 3.05) is 0 Å². The summed E-state index contributed by atoms with van der Waals surface area (Å²) in [6.45, 7) is 28.6. The summed E-state index contributed by atoms with van der Waals surface area (Å²) < 4.78 is 0. The van der Waals surface area contributed by atoms with Crippen LogP contribution >= 0.6 is 0 Å². The molecule has 0 fully saturated rings. The van der Waals surface area contributed by atoms with Gasteiger partial charge in [-0.1, -0.05) is 82.0 Å². The van der Waals surface area contributed by atoms with Gasteiger partial charge >= 0.3 is 0 Å². The maximum atomic E-state index is 3.87. The van der Waals surface area contributed by atoms with E-state index in [0.717, 1.165) is 0 Å². The Hall–Kier alpha value is 0.354. The Labute approximate surface area is 124 Å². The summed E-state index contributed by atoms with van der Waals surface area (Å²) in [7, 11) is -3.17. The van der Waals surface area contributed by atoms with E-state index in [2.05, 4.69) is 92.1 Å². The van der Waals surface area contributed by atoms with Crippen LogP contribution in [0.2, 0.25) is 34.8 Å². The molecule has 0 aromatic rings. The summed E-state index contributed by atoms with van der Waals surface area (Å²) in [5.74, 6) is 0. The summed E-state index contributed by atoms with van der Waals surface area (Å²) in [6, 6.07) is 0. The summed E-state index contributed by atoms with van der Waals surface area (Å²) >= 11 is 0. The van der Waals surface area contributed by atoms with E-state index in [1.165, 1.54) is 0 Å². The summed E-state index contributed by atoms with van der Waals surface area (Å²) in [5, 5.41) is 8.67. The predicted octanol–water partition coefficient (Wildman–Crippen LogP) is 5.26. The van der Waals surface area contributed by atoms with E-state index >= 15 is 0 Å². The van der Waals surface area contributed by atoms with Crippen molar-refractivity contribution in [3.63, 3.8) is 0 Å². The summed E-state index contributed by atoms with van der Waals surface area (Å²) in [5.41, 5.74) is 0. The molecule has 4 heteroatoms. The zero-order valence-corrected chi connectivity index (χ0v) is 17.5. The number of rotatable bonds is 3. The van der Waals surface area contributed by atoms with Gasteiger partial charge in [0.05, 0.1) is 0 Å². The number of hydrogen-bond donors (Lipinski definition) is 2. The molecule has 116 valence electrons. The highest BCUT2D eigenvalue weighted by atomic mass is 28.3. The molecule has 0 aliphatic heterocycles. The van der Waals surface area contributed by atoms with Crippen LogP contribution in [0.25, 0.3) is 0 Å². The molecule has 2 N–H and O–H groups in total. The van der Waals surface area contributed by atoms with Gasteiger partial charge in [0.2, 0.25) is 0 Å². The monoisotopic (exact) mass is 302 g/mol. The van der Waals surface area contributed by atoms with Crippen LogP contribution < -0.4 is 10.2 Å². The van der Waals surface area contributed by atoms with Gasteiger partial charge < -0.3 is 0 Å². The van der Waals surface area contributed by atoms with Crippen LogP contribution in [-0.4, -0.2) is 16.5 Å². The van der Waals surface area contributed by atoms with E-state index in [1.54, 1.807) is 0 Å². The van der Waals surface area contributed by atoms with Gasteiger partial charge in [0.1, 0.15) is 16.5 Å². The van der Waals surface area contributed by atoms with Crippen LogP contribution in [0.1, 0.15) is 62.3 Å². The molecular formula is C15H38N2Si2. The van der Waals surface area contributed by atoms with Crippen molar-refractivity contribution in [2.45, 2.75) is 97.1 Å². The van der Waals surface area contributed by atoms with Crippen LogP contribution in [0.5, 0.6) is 0 Å². The molecular weight excluding hydrogens is 264 g/mol. The van der Waals surface area contributed by atoms with E-state index in [-0.39, 0.29) is 0 Å². The van der Waals surface area contributed by atoms with E-state index in [1.807, 2.05) is 0 Å². The fourth-order valence-electron chi connectivity index (χ4n) is 1.97. The van der Waals surface area contributed by atoms with Crippen molar-refractivity contribution in [3.05, 3.63) is 0 Å². The van der Waals surface area contributed by atoms with Gasteiger partial charge in [0.25, 0.3) is 0 Å². The molecule has 0 heterocycles. The van der Waals surface area contributed by atoms with Gasteiger partial charge in [-0.2, -0.15) is 0 Å². The number of hydrazine groups is 1. The van der Waals surface area contributed by atoms with Gasteiger partial charge in [-0.25, -0.2) is 0 Å². The van der Waals surface area contributed by atoms with Crippen molar-refractivity contribution >= 4 is 16.5 Å². The van der Waals surface area contributed by atoms with Crippen molar-refractivity contribution in [2.24, 2.45) is 0 Å². The van der Waals surface area contributed by atoms with Gasteiger partial charge in [-0.05, 0) is 15.1 Å². The highest BCUT2D eigenvalue weighted by Crippen LogP contribution is 2.49. The van der Waals surface area contributed by atoms with Crippen LogP contribution in [0.15, 0.2) is 0 Å². The summed E-state index contributed by atoms with van der Waals surface area (Å²) in [4.78, 5) is 0. The minimum Gasteiger partial charge on any atom is -0.285 e. The summed E-state index contributed by atoms with van der Waals surface area (Å²) in [6.07, 6.45) is 0. The SMILES string of the molecule is CC(C)(C)[Si](C)(C)NN[Si](C)(C(C)(C)C)C(C)(C)C. The third-order valence-corrected chi connectivity index (χ3v) is 16.9. The molecule has 0 radical (unpaired) electrons. The molecule has 19 heavy (non-hydrogen) atoms. The minimum atomic E-state index is -1.67. The Morgan fingerprint density at radius 1 is 0.526 bits per heavy atom. The zero-order valence-electron chi connectivity index (χ0n) is 15.5. The van der Waals surface area contributed by atoms with E-state index in [9.17, 15) is 0 Å². The average molecular weight is 303 g/mol. The highest BCUT2D eigenvalue weighted by Gasteiger charge is 2.50. The first-order valence-electron chi connectivity index (χ1n) is 7.50. The Kier molecular flexibility index (Phi) is 5.38. The third kappa shape index (κ3) is 4.16. The quantitative estimate of drug-likeness (QED) is 0.549. The largest absolute Gasteiger partial charge is 0.285 e. The van der Waals surface area contributed by atoms with Crippen molar-refractivity contribution < 1.29 is 0 Å². The first-order chi connectivity index (χ1) is 7.96. The lowest BCUT2D eigenvalue weighted by Crippen LogP contribution is -2.71. The second kappa shape index (κ2) is 5.28. The first-order valence-corrected chi connectivity index (χ1v) is 13.0. The molecule has 0 unspecified atom stereocenters. The molecule has 2 nitrogen and oxygen atoms in total. The Morgan fingerprint density at radius 3 is 1.05 bits per heavy atom. The fourth-order valence-corrected chi connectivity index (χ4v) is 7.59.